The van der Waals surface area contributed by atoms with E-state index >= 15 is 0 Å². The lowest BCUT2D eigenvalue weighted by Gasteiger charge is -2.25. The lowest BCUT2D eigenvalue weighted by molar-refractivity contribution is -0.117. The Balaban J connectivity index is 1.91. The first-order valence-electron chi connectivity index (χ1n) is 14.7. The summed E-state index contributed by atoms with van der Waals surface area (Å²) in [5.74, 6) is 0.720. The van der Waals surface area contributed by atoms with Crippen molar-refractivity contribution < 1.29 is 4.79 Å². The number of allylic oxidation sites excluding steroid dienone is 4. The highest BCUT2D eigenvalue weighted by Gasteiger charge is 2.21. The van der Waals surface area contributed by atoms with E-state index in [4.69, 9.17) is 0 Å². The molecule has 0 spiro atoms. The molecule has 1 nitrogen and oxygen atoms in total. The van der Waals surface area contributed by atoms with Crippen LogP contribution in [0.5, 0.6) is 0 Å². The maximum absolute atomic E-state index is 11.0. The van der Waals surface area contributed by atoms with Crippen LogP contribution in [0.4, 0.5) is 0 Å². The van der Waals surface area contributed by atoms with Crippen molar-refractivity contribution >= 4 is 11.4 Å². The van der Waals surface area contributed by atoms with E-state index in [0.717, 1.165) is 25.7 Å². The molecule has 200 valence electrons. The van der Waals surface area contributed by atoms with Gasteiger partial charge in [0.25, 0.3) is 0 Å². The molecule has 0 saturated heterocycles. The minimum Gasteiger partial charge on any atom is -0.300 e. The quantitative estimate of drug-likeness (QED) is 0.123. The van der Waals surface area contributed by atoms with E-state index in [1.54, 1.807) is 6.92 Å². The Bertz CT molecular complexity index is 910. The van der Waals surface area contributed by atoms with Crippen molar-refractivity contribution in [2.24, 2.45) is 0 Å². The van der Waals surface area contributed by atoms with Gasteiger partial charge in [-0.3, -0.25) is 0 Å². The van der Waals surface area contributed by atoms with Gasteiger partial charge in [0.15, 0.2) is 0 Å². The predicted octanol–water partition coefficient (Wildman–Crippen LogP) is 11.0. The largest absolute Gasteiger partial charge is 0.300 e. The third-order valence-electron chi connectivity index (χ3n) is 7.32. The molecule has 0 heterocycles. The molecule has 2 rings (SSSR count). The van der Waals surface area contributed by atoms with Gasteiger partial charge in [0, 0.05) is 12.3 Å². The van der Waals surface area contributed by atoms with Gasteiger partial charge in [-0.05, 0) is 49.3 Å². The summed E-state index contributed by atoms with van der Waals surface area (Å²) in [7, 11) is 0. The average molecular weight is 499 g/mol. The summed E-state index contributed by atoms with van der Waals surface area (Å²) < 4.78 is 0. The van der Waals surface area contributed by atoms with E-state index in [1.807, 2.05) is 12.2 Å². The fourth-order valence-electron chi connectivity index (χ4n) is 5.40. The Morgan fingerprint density at radius 2 is 1.14 bits per heavy atom. The normalized spacial score (nSPS) is 11.6. The molecule has 0 fully saturated rings. The highest BCUT2D eigenvalue weighted by molar-refractivity contribution is 5.75. The van der Waals surface area contributed by atoms with Gasteiger partial charge in [0.1, 0.15) is 5.78 Å². The second kappa shape index (κ2) is 19.4. The second-order valence-electron chi connectivity index (χ2n) is 10.5. The second-order valence-corrected chi connectivity index (χ2v) is 10.5. The number of hydrogen-bond acceptors (Lipinski definition) is 1. The number of Topliss-reactive ketones (excluding diaryl/α,β-unsaturated/α-hetero) is 1. The zero-order valence-corrected chi connectivity index (χ0v) is 23.4. The minimum absolute atomic E-state index is 0.330. The molecule has 0 aliphatic rings. The number of hydrogen-bond donors (Lipinski definition) is 0. The fraction of sp³-hybridized carbons (Fsp3) is 0.472. The average Bonchev–Trinajstić information content (AvgIpc) is 2.91. The third kappa shape index (κ3) is 12.4. The fourth-order valence-corrected chi connectivity index (χ4v) is 5.40. The number of ketones is 1. The van der Waals surface area contributed by atoms with Crippen molar-refractivity contribution in [3.8, 4) is 0 Å². The van der Waals surface area contributed by atoms with E-state index in [2.05, 4.69) is 73.8 Å². The number of rotatable bonds is 21. The van der Waals surface area contributed by atoms with Crippen LogP contribution in [0.15, 0.2) is 91.5 Å². The van der Waals surface area contributed by atoms with Crippen molar-refractivity contribution in [3.63, 3.8) is 0 Å². The lowest BCUT2D eigenvalue weighted by Crippen LogP contribution is -2.06. The molecule has 0 bridgehead atoms. The number of unbranched alkanes of at least 4 members (excludes halogenated alkanes) is 10. The molecule has 0 N–H and O–H groups in total. The van der Waals surface area contributed by atoms with Gasteiger partial charge in [-0.1, -0.05) is 143 Å². The van der Waals surface area contributed by atoms with Crippen LogP contribution in [-0.4, -0.2) is 5.78 Å². The zero-order chi connectivity index (χ0) is 26.6. The van der Waals surface area contributed by atoms with Gasteiger partial charge in [-0.15, -0.1) is 13.2 Å². The Morgan fingerprint density at radius 3 is 1.62 bits per heavy atom. The predicted molar refractivity (Wildman–Crippen MR) is 163 cm³/mol. The van der Waals surface area contributed by atoms with E-state index in [1.165, 1.54) is 92.9 Å². The highest BCUT2D eigenvalue weighted by atomic mass is 16.1. The smallest absolute Gasteiger partial charge is 0.129 e. The van der Waals surface area contributed by atoms with Crippen LogP contribution in [0, 0.1) is 0 Å². The Labute approximate surface area is 227 Å². The molecule has 0 radical (unpaired) electrons. The van der Waals surface area contributed by atoms with Crippen molar-refractivity contribution in [1.82, 2.24) is 0 Å². The van der Waals surface area contributed by atoms with Crippen molar-refractivity contribution in [2.45, 2.75) is 109 Å². The summed E-state index contributed by atoms with van der Waals surface area (Å²) in [5, 5.41) is 0. The SMILES string of the molecule is C=CCC(CC=C)=C(c1ccccc1)C(CCCCCCCCCCCCCC(C)=O)c1ccccc1. The summed E-state index contributed by atoms with van der Waals surface area (Å²) in [4.78, 5) is 11.0. The lowest BCUT2D eigenvalue weighted by atomic mass is 9.79. The van der Waals surface area contributed by atoms with Gasteiger partial charge in [0.05, 0.1) is 0 Å². The molecule has 2 aromatic carbocycles. The van der Waals surface area contributed by atoms with Crippen molar-refractivity contribution in [1.29, 1.82) is 0 Å². The van der Waals surface area contributed by atoms with Gasteiger partial charge < -0.3 is 4.79 Å². The third-order valence-corrected chi connectivity index (χ3v) is 7.32. The molecular weight excluding hydrogens is 448 g/mol. The molecular formula is C36H50O. The molecule has 1 atom stereocenters. The van der Waals surface area contributed by atoms with E-state index in [9.17, 15) is 4.79 Å². The first kappa shape index (κ1) is 30.6. The summed E-state index contributed by atoms with van der Waals surface area (Å²) in [6, 6.07) is 22.0. The standard InChI is InChI=1S/C36H50O/c1-4-23-33(24-5-2)36(34-28-20-16-21-29-34)35(32-26-18-15-19-27-32)30-22-14-12-10-8-6-7-9-11-13-17-25-31(3)37/h4-5,15-16,18-21,26-29,35H,1-2,6-14,17,22-25,30H2,3H3. The number of carbonyl (C=O) groups excluding carboxylic acids is 1. The summed E-state index contributed by atoms with van der Waals surface area (Å²) in [6.45, 7) is 9.80. The van der Waals surface area contributed by atoms with Crippen LogP contribution in [0.2, 0.25) is 0 Å². The number of carbonyl (C=O) groups is 1. The molecule has 0 aliphatic carbocycles. The van der Waals surface area contributed by atoms with Gasteiger partial charge in [0.2, 0.25) is 0 Å². The van der Waals surface area contributed by atoms with Gasteiger partial charge in [-0.25, -0.2) is 0 Å². The summed E-state index contributed by atoms with van der Waals surface area (Å²) in [5.41, 5.74) is 5.65. The van der Waals surface area contributed by atoms with Crippen LogP contribution >= 0.6 is 0 Å². The maximum atomic E-state index is 11.0. The van der Waals surface area contributed by atoms with Crippen LogP contribution in [0.1, 0.15) is 120 Å². The van der Waals surface area contributed by atoms with Crippen molar-refractivity contribution in [3.05, 3.63) is 103 Å². The van der Waals surface area contributed by atoms with E-state index in [0.29, 0.717) is 11.7 Å². The minimum atomic E-state index is 0.330. The number of benzene rings is 2. The van der Waals surface area contributed by atoms with Crippen LogP contribution in [-0.2, 0) is 4.79 Å². The Hall–Kier alpha value is -2.67. The zero-order valence-electron chi connectivity index (χ0n) is 23.4. The van der Waals surface area contributed by atoms with Crippen LogP contribution in [0.3, 0.4) is 0 Å². The first-order valence-corrected chi connectivity index (χ1v) is 14.7. The van der Waals surface area contributed by atoms with Crippen LogP contribution < -0.4 is 0 Å². The van der Waals surface area contributed by atoms with E-state index < -0.39 is 0 Å². The topological polar surface area (TPSA) is 17.1 Å². The highest BCUT2D eigenvalue weighted by Crippen LogP contribution is 2.40. The molecule has 0 aromatic heterocycles. The van der Waals surface area contributed by atoms with E-state index in [-0.39, 0.29) is 0 Å². The first-order chi connectivity index (χ1) is 18.2. The Kier molecular flexibility index (Phi) is 16.1. The maximum Gasteiger partial charge on any atom is 0.129 e. The molecule has 0 aliphatic heterocycles. The molecule has 1 heteroatoms. The monoisotopic (exact) mass is 498 g/mol. The molecule has 0 saturated carbocycles. The van der Waals surface area contributed by atoms with Gasteiger partial charge in [-0.2, -0.15) is 0 Å². The van der Waals surface area contributed by atoms with Crippen molar-refractivity contribution in [2.75, 3.05) is 0 Å². The summed E-state index contributed by atoms with van der Waals surface area (Å²) >= 11 is 0. The van der Waals surface area contributed by atoms with Gasteiger partial charge >= 0.3 is 0 Å². The Morgan fingerprint density at radius 1 is 0.676 bits per heavy atom. The van der Waals surface area contributed by atoms with Crippen LogP contribution in [0.25, 0.3) is 5.57 Å². The molecule has 37 heavy (non-hydrogen) atoms. The molecule has 1 unspecified atom stereocenters. The molecule has 0 amide bonds. The molecule has 2 aromatic rings. The summed E-state index contributed by atoms with van der Waals surface area (Å²) in [6.07, 6.45) is 22.0.